The molecular weight excluding hydrogens is 168 g/mol. The third-order valence-corrected chi connectivity index (χ3v) is 1.79. The minimum Gasteiger partial charge on any atom is -0.391 e. The van der Waals surface area contributed by atoms with Crippen LogP contribution in [0.5, 0.6) is 0 Å². The number of carbonyl (C=O) groups is 1. The van der Waals surface area contributed by atoms with Crippen molar-refractivity contribution >= 4 is 6.03 Å². The summed E-state index contributed by atoms with van der Waals surface area (Å²) < 4.78 is 0. The summed E-state index contributed by atoms with van der Waals surface area (Å²) in [5.41, 5.74) is 0. The van der Waals surface area contributed by atoms with Crippen molar-refractivity contribution in [2.75, 3.05) is 13.1 Å². The minimum atomic E-state index is -0.433. The van der Waals surface area contributed by atoms with Gasteiger partial charge in [-0.25, -0.2) is 4.79 Å². The van der Waals surface area contributed by atoms with Gasteiger partial charge >= 0.3 is 6.03 Å². The SMILES string of the molecule is CCCCNC(=O)NCC(O)CC. The van der Waals surface area contributed by atoms with Crippen molar-refractivity contribution in [3.05, 3.63) is 0 Å². The van der Waals surface area contributed by atoms with Crippen LogP contribution in [0.3, 0.4) is 0 Å². The van der Waals surface area contributed by atoms with Gasteiger partial charge in [-0.2, -0.15) is 0 Å². The summed E-state index contributed by atoms with van der Waals surface area (Å²) in [5.74, 6) is 0. The fraction of sp³-hybridized carbons (Fsp3) is 0.889. The van der Waals surface area contributed by atoms with Gasteiger partial charge in [0.15, 0.2) is 0 Å². The lowest BCUT2D eigenvalue weighted by molar-refractivity contribution is 0.166. The van der Waals surface area contributed by atoms with E-state index in [0.29, 0.717) is 19.5 Å². The molecule has 0 aromatic carbocycles. The zero-order chi connectivity index (χ0) is 10.1. The molecule has 78 valence electrons. The Kier molecular flexibility index (Phi) is 7.39. The van der Waals surface area contributed by atoms with Gasteiger partial charge in [-0.3, -0.25) is 0 Å². The van der Waals surface area contributed by atoms with Gasteiger partial charge in [0.25, 0.3) is 0 Å². The van der Waals surface area contributed by atoms with E-state index in [0.717, 1.165) is 12.8 Å². The van der Waals surface area contributed by atoms with Gasteiger partial charge in [0.2, 0.25) is 0 Å². The van der Waals surface area contributed by atoms with Crippen LogP contribution in [0.4, 0.5) is 4.79 Å². The predicted octanol–water partition coefficient (Wildman–Crippen LogP) is 0.857. The van der Waals surface area contributed by atoms with Gasteiger partial charge in [0.1, 0.15) is 0 Å². The zero-order valence-corrected chi connectivity index (χ0v) is 8.47. The third-order valence-electron chi connectivity index (χ3n) is 1.79. The monoisotopic (exact) mass is 188 g/mol. The number of nitrogens with one attached hydrogen (secondary N) is 2. The highest BCUT2D eigenvalue weighted by atomic mass is 16.3. The summed E-state index contributed by atoms with van der Waals surface area (Å²) in [6.07, 6.45) is 2.29. The largest absolute Gasteiger partial charge is 0.391 e. The molecule has 0 aromatic heterocycles. The Hall–Kier alpha value is -0.770. The van der Waals surface area contributed by atoms with E-state index in [-0.39, 0.29) is 6.03 Å². The molecule has 0 fully saturated rings. The molecule has 0 rings (SSSR count). The third kappa shape index (κ3) is 7.59. The van der Waals surface area contributed by atoms with Gasteiger partial charge in [-0.15, -0.1) is 0 Å². The summed E-state index contributed by atoms with van der Waals surface area (Å²) in [7, 11) is 0. The van der Waals surface area contributed by atoms with Gasteiger partial charge in [-0.1, -0.05) is 20.3 Å². The number of amides is 2. The Bertz CT molecular complexity index is 140. The molecule has 0 radical (unpaired) electrons. The summed E-state index contributed by atoms with van der Waals surface area (Å²) in [6.45, 7) is 4.97. The van der Waals surface area contributed by atoms with Crippen LogP contribution in [0.25, 0.3) is 0 Å². The fourth-order valence-electron chi connectivity index (χ4n) is 0.796. The number of hydrogen-bond acceptors (Lipinski definition) is 2. The first-order valence-electron chi connectivity index (χ1n) is 4.90. The first-order valence-corrected chi connectivity index (χ1v) is 4.90. The molecule has 0 saturated heterocycles. The van der Waals surface area contributed by atoms with E-state index in [1.165, 1.54) is 0 Å². The molecule has 2 amide bonds. The maximum Gasteiger partial charge on any atom is 0.314 e. The van der Waals surface area contributed by atoms with E-state index in [1.807, 2.05) is 6.92 Å². The molecule has 0 aliphatic heterocycles. The molecule has 3 N–H and O–H groups in total. The van der Waals surface area contributed by atoms with Gasteiger partial charge in [0.05, 0.1) is 6.10 Å². The van der Waals surface area contributed by atoms with Gasteiger partial charge in [0, 0.05) is 13.1 Å². The molecule has 0 aromatic rings. The topological polar surface area (TPSA) is 61.4 Å². The Labute approximate surface area is 79.7 Å². The summed E-state index contributed by atoms with van der Waals surface area (Å²) in [6, 6.07) is -0.194. The van der Waals surface area contributed by atoms with Crippen LogP contribution in [0, 0.1) is 0 Å². The average molecular weight is 188 g/mol. The molecule has 0 heterocycles. The van der Waals surface area contributed by atoms with Crippen LogP contribution in [0.2, 0.25) is 0 Å². The molecule has 0 aliphatic carbocycles. The van der Waals surface area contributed by atoms with Crippen LogP contribution < -0.4 is 10.6 Å². The van der Waals surface area contributed by atoms with E-state index >= 15 is 0 Å². The first-order chi connectivity index (χ1) is 6.20. The van der Waals surface area contributed by atoms with E-state index in [1.54, 1.807) is 0 Å². The number of aliphatic hydroxyl groups excluding tert-OH is 1. The van der Waals surface area contributed by atoms with Crippen LogP contribution in [0.1, 0.15) is 33.1 Å². The van der Waals surface area contributed by atoms with Crippen molar-refractivity contribution in [2.45, 2.75) is 39.2 Å². The van der Waals surface area contributed by atoms with Crippen molar-refractivity contribution in [2.24, 2.45) is 0 Å². The van der Waals surface area contributed by atoms with Crippen molar-refractivity contribution in [1.29, 1.82) is 0 Å². The lowest BCUT2D eigenvalue weighted by atomic mass is 10.3. The molecule has 0 bridgehead atoms. The van der Waals surface area contributed by atoms with Gasteiger partial charge < -0.3 is 15.7 Å². The van der Waals surface area contributed by atoms with E-state index in [2.05, 4.69) is 17.6 Å². The maximum absolute atomic E-state index is 11.0. The second-order valence-electron chi connectivity index (χ2n) is 3.05. The molecule has 4 nitrogen and oxygen atoms in total. The van der Waals surface area contributed by atoms with Crippen molar-refractivity contribution in [1.82, 2.24) is 10.6 Å². The Morgan fingerprint density at radius 1 is 1.38 bits per heavy atom. The fourth-order valence-corrected chi connectivity index (χ4v) is 0.796. The summed E-state index contributed by atoms with van der Waals surface area (Å²) in [4.78, 5) is 11.0. The molecule has 0 spiro atoms. The minimum absolute atomic E-state index is 0.194. The number of urea groups is 1. The maximum atomic E-state index is 11.0. The highest BCUT2D eigenvalue weighted by molar-refractivity contribution is 5.73. The molecule has 0 aliphatic rings. The number of rotatable bonds is 6. The van der Waals surface area contributed by atoms with Crippen molar-refractivity contribution in [3.63, 3.8) is 0 Å². The number of aliphatic hydroxyl groups is 1. The van der Waals surface area contributed by atoms with E-state index in [4.69, 9.17) is 5.11 Å². The van der Waals surface area contributed by atoms with Crippen LogP contribution in [0.15, 0.2) is 0 Å². The molecule has 13 heavy (non-hydrogen) atoms. The molecule has 4 heteroatoms. The summed E-state index contributed by atoms with van der Waals surface area (Å²) in [5, 5.41) is 14.4. The predicted molar refractivity (Wildman–Crippen MR) is 52.6 cm³/mol. The quantitative estimate of drug-likeness (QED) is 0.541. The van der Waals surface area contributed by atoms with Crippen molar-refractivity contribution < 1.29 is 9.90 Å². The number of hydrogen-bond donors (Lipinski definition) is 3. The normalized spacial score (nSPS) is 12.2. The highest BCUT2D eigenvalue weighted by Crippen LogP contribution is 1.86. The van der Waals surface area contributed by atoms with Gasteiger partial charge in [-0.05, 0) is 12.8 Å². The molecule has 0 saturated carbocycles. The highest BCUT2D eigenvalue weighted by Gasteiger charge is 2.02. The second-order valence-corrected chi connectivity index (χ2v) is 3.05. The van der Waals surface area contributed by atoms with Crippen LogP contribution in [-0.2, 0) is 0 Å². The smallest absolute Gasteiger partial charge is 0.314 e. The number of unbranched alkanes of at least 4 members (excludes halogenated alkanes) is 1. The number of carbonyl (C=O) groups excluding carboxylic acids is 1. The Morgan fingerprint density at radius 2 is 2.08 bits per heavy atom. The zero-order valence-electron chi connectivity index (χ0n) is 8.47. The lowest BCUT2D eigenvalue weighted by Gasteiger charge is -2.10. The lowest BCUT2D eigenvalue weighted by Crippen LogP contribution is -2.39. The van der Waals surface area contributed by atoms with E-state index in [9.17, 15) is 4.79 Å². The Morgan fingerprint density at radius 3 is 2.62 bits per heavy atom. The first kappa shape index (κ1) is 12.2. The van der Waals surface area contributed by atoms with Crippen LogP contribution >= 0.6 is 0 Å². The van der Waals surface area contributed by atoms with Crippen molar-refractivity contribution in [3.8, 4) is 0 Å². The molecular formula is C9H20N2O2. The molecule has 1 atom stereocenters. The summed E-state index contributed by atoms with van der Waals surface area (Å²) >= 11 is 0. The second kappa shape index (κ2) is 7.86. The van der Waals surface area contributed by atoms with Crippen LogP contribution in [-0.4, -0.2) is 30.3 Å². The van der Waals surface area contributed by atoms with E-state index < -0.39 is 6.10 Å². The molecule has 1 unspecified atom stereocenters. The Balaban J connectivity index is 3.30. The average Bonchev–Trinajstić information content (AvgIpc) is 2.14. The standard InChI is InChI=1S/C9H20N2O2/c1-3-5-6-10-9(13)11-7-8(12)4-2/h8,12H,3-7H2,1-2H3,(H2,10,11,13).